The molecule has 2 aromatic rings. The molecule has 1 fully saturated rings. The second kappa shape index (κ2) is 8.30. The summed E-state index contributed by atoms with van der Waals surface area (Å²) in [6.07, 6.45) is -8.03. The summed E-state index contributed by atoms with van der Waals surface area (Å²) >= 11 is 0. The van der Waals surface area contributed by atoms with Crippen LogP contribution in [0.4, 0.5) is 26.3 Å². The lowest BCUT2D eigenvalue weighted by Gasteiger charge is -2.45. The zero-order valence-corrected chi connectivity index (χ0v) is 18.3. The summed E-state index contributed by atoms with van der Waals surface area (Å²) in [5.74, 6) is -1.11. The molecule has 3 rings (SSSR count). The number of hydrogen-bond acceptors (Lipinski definition) is 4. The average molecular weight is 494 g/mol. The van der Waals surface area contributed by atoms with E-state index >= 15 is 0 Å². The standard InChI is InChI=1S/C21H20F6N2O3S/c1-19(2,33(31,32)16-5-3-4-13(10-16)20(22,23)24)14-8-15(9-14)29-18(30)12-6-7-17(28-11-12)21(25,26)27/h3-7,10-11,14-15H,8-9H2,1-2H3,(H,29,30)/t14-,15-. The summed E-state index contributed by atoms with van der Waals surface area (Å²) in [5, 5.41) is 2.61. The van der Waals surface area contributed by atoms with E-state index in [-0.39, 0.29) is 18.4 Å². The van der Waals surface area contributed by atoms with Crippen molar-refractivity contribution in [2.45, 2.75) is 54.7 Å². The first kappa shape index (κ1) is 25.0. The largest absolute Gasteiger partial charge is 0.433 e. The first-order valence-corrected chi connectivity index (χ1v) is 11.3. The molecule has 1 aliphatic carbocycles. The topological polar surface area (TPSA) is 76.1 Å². The fraction of sp³-hybridized carbons (Fsp3) is 0.429. The third kappa shape index (κ3) is 4.99. The van der Waals surface area contributed by atoms with Crippen molar-refractivity contribution in [1.29, 1.82) is 0 Å². The van der Waals surface area contributed by atoms with Gasteiger partial charge in [0.2, 0.25) is 0 Å². The minimum atomic E-state index is -4.69. The molecule has 1 aromatic carbocycles. The van der Waals surface area contributed by atoms with E-state index in [1.165, 1.54) is 13.8 Å². The molecule has 0 saturated heterocycles. The van der Waals surface area contributed by atoms with E-state index in [2.05, 4.69) is 10.3 Å². The molecule has 33 heavy (non-hydrogen) atoms. The van der Waals surface area contributed by atoms with Crippen molar-refractivity contribution in [3.05, 3.63) is 59.4 Å². The number of halogens is 6. The summed E-state index contributed by atoms with van der Waals surface area (Å²) in [4.78, 5) is 15.0. The van der Waals surface area contributed by atoms with Crippen LogP contribution in [0.3, 0.4) is 0 Å². The zero-order valence-electron chi connectivity index (χ0n) is 17.5. The lowest BCUT2D eigenvalue weighted by atomic mass is 9.73. The van der Waals surface area contributed by atoms with Crippen molar-refractivity contribution in [2.24, 2.45) is 5.92 Å². The number of carbonyl (C=O) groups is 1. The maximum absolute atomic E-state index is 13.1. The van der Waals surface area contributed by atoms with E-state index in [0.29, 0.717) is 12.1 Å². The van der Waals surface area contributed by atoms with Gasteiger partial charge in [-0.05, 0) is 62.9 Å². The van der Waals surface area contributed by atoms with E-state index in [1.807, 2.05) is 0 Å². The predicted molar refractivity (Wildman–Crippen MR) is 106 cm³/mol. The van der Waals surface area contributed by atoms with Crippen LogP contribution >= 0.6 is 0 Å². The Morgan fingerprint density at radius 3 is 2.15 bits per heavy atom. The van der Waals surface area contributed by atoms with Crippen LogP contribution in [0.25, 0.3) is 0 Å². The van der Waals surface area contributed by atoms with Crippen LogP contribution in [0.5, 0.6) is 0 Å². The van der Waals surface area contributed by atoms with Gasteiger partial charge in [0.15, 0.2) is 9.84 Å². The van der Waals surface area contributed by atoms with Crippen LogP contribution in [0.1, 0.15) is 48.3 Å². The molecule has 1 saturated carbocycles. The van der Waals surface area contributed by atoms with Crippen molar-refractivity contribution in [1.82, 2.24) is 10.3 Å². The maximum Gasteiger partial charge on any atom is 0.433 e. The zero-order chi connectivity index (χ0) is 24.8. The molecule has 0 spiro atoms. The van der Waals surface area contributed by atoms with Gasteiger partial charge in [0.1, 0.15) is 5.69 Å². The quantitative estimate of drug-likeness (QED) is 0.602. The molecule has 0 radical (unpaired) electrons. The molecule has 1 aromatic heterocycles. The molecular weight excluding hydrogens is 474 g/mol. The molecule has 1 N–H and O–H groups in total. The van der Waals surface area contributed by atoms with Crippen LogP contribution in [-0.4, -0.2) is 30.1 Å². The minimum absolute atomic E-state index is 0.0812. The predicted octanol–water partition coefficient (Wildman–Crippen LogP) is 4.88. The highest BCUT2D eigenvalue weighted by Crippen LogP contribution is 2.44. The summed E-state index contributed by atoms with van der Waals surface area (Å²) in [5.41, 5.74) is -2.28. The molecule has 0 aliphatic heterocycles. The summed E-state index contributed by atoms with van der Waals surface area (Å²) < 4.78 is 101. The normalized spacial score (nSPS) is 19.6. The van der Waals surface area contributed by atoms with Gasteiger partial charge in [-0.3, -0.25) is 9.78 Å². The second-order valence-corrected chi connectivity index (χ2v) is 10.9. The molecule has 12 heteroatoms. The molecular formula is C21H20F6N2O3S. The smallest absolute Gasteiger partial charge is 0.349 e. The highest BCUT2D eigenvalue weighted by atomic mass is 32.2. The van der Waals surface area contributed by atoms with Gasteiger partial charge in [-0.1, -0.05) is 6.07 Å². The van der Waals surface area contributed by atoms with Crippen molar-refractivity contribution in [3.63, 3.8) is 0 Å². The molecule has 1 aliphatic rings. The molecule has 0 atom stereocenters. The fourth-order valence-electron chi connectivity index (χ4n) is 3.63. The summed E-state index contributed by atoms with van der Waals surface area (Å²) in [7, 11) is -4.13. The SMILES string of the molecule is CC(C)([C@H]1C[C@H](NC(=O)c2ccc(C(F)(F)F)nc2)C1)S(=O)(=O)c1cccc(C(F)(F)F)c1. The number of benzene rings is 1. The van der Waals surface area contributed by atoms with Crippen molar-refractivity contribution in [3.8, 4) is 0 Å². The fourth-order valence-corrected chi connectivity index (χ4v) is 5.41. The summed E-state index contributed by atoms with van der Waals surface area (Å²) in [6, 6.07) is 4.78. The van der Waals surface area contributed by atoms with E-state index in [1.54, 1.807) is 0 Å². The second-order valence-electron chi connectivity index (χ2n) is 8.40. The van der Waals surface area contributed by atoms with Gasteiger partial charge < -0.3 is 5.32 Å². The Morgan fingerprint density at radius 1 is 1.00 bits per heavy atom. The number of aromatic nitrogens is 1. The first-order chi connectivity index (χ1) is 15.0. The Morgan fingerprint density at radius 2 is 1.64 bits per heavy atom. The third-order valence-electron chi connectivity index (χ3n) is 5.94. The minimum Gasteiger partial charge on any atom is -0.349 e. The van der Waals surface area contributed by atoms with Crippen LogP contribution in [0.2, 0.25) is 0 Å². The molecule has 5 nitrogen and oxygen atoms in total. The van der Waals surface area contributed by atoms with Crippen LogP contribution in [0.15, 0.2) is 47.5 Å². The van der Waals surface area contributed by atoms with Crippen molar-refractivity contribution < 1.29 is 39.6 Å². The number of rotatable bonds is 5. The van der Waals surface area contributed by atoms with E-state index in [0.717, 1.165) is 30.5 Å². The van der Waals surface area contributed by atoms with Gasteiger partial charge in [-0.2, -0.15) is 26.3 Å². The number of nitrogens with one attached hydrogen (secondary N) is 1. The molecule has 0 unspecified atom stereocenters. The lowest BCUT2D eigenvalue weighted by molar-refractivity contribution is -0.141. The van der Waals surface area contributed by atoms with E-state index in [4.69, 9.17) is 0 Å². The van der Waals surface area contributed by atoms with Gasteiger partial charge in [0.05, 0.1) is 20.8 Å². The maximum atomic E-state index is 13.1. The Hall–Kier alpha value is -2.63. The van der Waals surface area contributed by atoms with Gasteiger partial charge in [-0.15, -0.1) is 0 Å². The Labute approximate surface area is 186 Å². The molecule has 0 bridgehead atoms. The lowest BCUT2D eigenvalue weighted by Crippen LogP contribution is -2.53. The Balaban J connectivity index is 1.66. The van der Waals surface area contributed by atoms with Gasteiger partial charge in [0.25, 0.3) is 5.91 Å². The number of sulfone groups is 1. The van der Waals surface area contributed by atoms with Crippen LogP contribution in [-0.2, 0) is 22.2 Å². The molecule has 180 valence electrons. The van der Waals surface area contributed by atoms with E-state index in [9.17, 15) is 39.6 Å². The number of nitrogens with zero attached hydrogens (tertiary/aromatic N) is 1. The number of pyridine rings is 1. The Bertz CT molecular complexity index is 1140. The van der Waals surface area contributed by atoms with Crippen LogP contribution in [0, 0.1) is 5.92 Å². The van der Waals surface area contributed by atoms with Gasteiger partial charge >= 0.3 is 12.4 Å². The number of hydrogen-bond donors (Lipinski definition) is 1. The molecule has 1 amide bonds. The van der Waals surface area contributed by atoms with Gasteiger partial charge in [-0.25, -0.2) is 8.42 Å². The first-order valence-electron chi connectivity index (χ1n) is 9.79. The number of amides is 1. The van der Waals surface area contributed by atoms with E-state index < -0.39 is 61.0 Å². The third-order valence-corrected chi connectivity index (χ3v) is 8.53. The van der Waals surface area contributed by atoms with Gasteiger partial charge in [0, 0.05) is 12.2 Å². The number of carbonyl (C=O) groups excluding carboxylic acids is 1. The van der Waals surface area contributed by atoms with Crippen molar-refractivity contribution >= 4 is 15.7 Å². The van der Waals surface area contributed by atoms with Crippen LogP contribution < -0.4 is 5.32 Å². The summed E-state index contributed by atoms with van der Waals surface area (Å²) in [6.45, 7) is 2.84. The monoisotopic (exact) mass is 494 g/mol. The number of alkyl halides is 6. The molecule has 1 heterocycles. The Kier molecular flexibility index (Phi) is 6.29. The average Bonchev–Trinajstić information content (AvgIpc) is 2.68. The highest BCUT2D eigenvalue weighted by Gasteiger charge is 2.49. The van der Waals surface area contributed by atoms with Crippen molar-refractivity contribution in [2.75, 3.05) is 0 Å². The highest BCUT2D eigenvalue weighted by molar-refractivity contribution is 7.92.